The van der Waals surface area contributed by atoms with Gasteiger partial charge < -0.3 is 15.2 Å². The molecule has 1 atom stereocenters. The Balaban J connectivity index is 2.20. The van der Waals surface area contributed by atoms with Crippen molar-refractivity contribution in [2.45, 2.75) is 19.0 Å². The van der Waals surface area contributed by atoms with Gasteiger partial charge in [-0.05, 0) is 25.1 Å². The number of halogens is 4. The Kier molecular flexibility index (Phi) is 5.14. The minimum Gasteiger partial charge on any atom is -0.543 e. The number of thiazole rings is 1. The van der Waals surface area contributed by atoms with Crippen LogP contribution in [0.25, 0.3) is 0 Å². The van der Waals surface area contributed by atoms with Crippen LogP contribution in [0.5, 0.6) is 0 Å². The molecular formula is C14H9ClF3N2O3S-. The third-order valence-corrected chi connectivity index (χ3v) is 4.40. The molecule has 0 saturated carbocycles. The van der Waals surface area contributed by atoms with E-state index >= 15 is 0 Å². The fraction of sp³-hybridized carbons (Fsp3) is 0.214. The van der Waals surface area contributed by atoms with Gasteiger partial charge >= 0.3 is 6.18 Å². The van der Waals surface area contributed by atoms with Gasteiger partial charge in [0.15, 0.2) is 0 Å². The summed E-state index contributed by atoms with van der Waals surface area (Å²) in [5.74, 6) is -3.03. The summed E-state index contributed by atoms with van der Waals surface area (Å²) in [7, 11) is 0. The fourth-order valence-electron chi connectivity index (χ4n) is 1.73. The average Bonchev–Trinajstić information content (AvgIpc) is 2.97. The van der Waals surface area contributed by atoms with Crippen molar-refractivity contribution < 1.29 is 27.9 Å². The highest BCUT2D eigenvalue weighted by Gasteiger charge is 2.31. The quantitative estimate of drug-likeness (QED) is 0.888. The maximum atomic E-state index is 12.7. The molecule has 1 aromatic carbocycles. The van der Waals surface area contributed by atoms with Gasteiger partial charge in [0.2, 0.25) is 5.91 Å². The lowest BCUT2D eigenvalue weighted by Gasteiger charge is -2.13. The number of amides is 1. The van der Waals surface area contributed by atoms with Crippen LogP contribution in [0.4, 0.5) is 18.9 Å². The van der Waals surface area contributed by atoms with E-state index in [-0.39, 0.29) is 21.4 Å². The monoisotopic (exact) mass is 377 g/mol. The van der Waals surface area contributed by atoms with Gasteiger partial charge in [-0.2, -0.15) is 13.2 Å². The summed E-state index contributed by atoms with van der Waals surface area (Å²) in [5, 5.41) is 14.3. The first kappa shape index (κ1) is 18.2. The van der Waals surface area contributed by atoms with Gasteiger partial charge in [0.1, 0.15) is 5.01 Å². The lowest BCUT2D eigenvalue weighted by molar-refractivity contribution is -0.255. The molecule has 0 spiro atoms. The lowest BCUT2D eigenvalue weighted by atomic mass is 10.1. The number of hydrogen-bond acceptors (Lipinski definition) is 5. The molecule has 1 amide bonds. The van der Waals surface area contributed by atoms with E-state index < -0.39 is 29.5 Å². The third kappa shape index (κ3) is 4.04. The van der Waals surface area contributed by atoms with Crippen molar-refractivity contribution >= 4 is 40.5 Å². The number of nitrogens with zero attached hydrogens (tertiary/aromatic N) is 1. The van der Waals surface area contributed by atoms with Crippen molar-refractivity contribution in [3.8, 4) is 0 Å². The highest BCUT2D eigenvalue weighted by molar-refractivity contribution is 7.10. The number of carboxylic acids is 1. The van der Waals surface area contributed by atoms with Crippen molar-refractivity contribution in [1.82, 2.24) is 4.98 Å². The first-order valence-electron chi connectivity index (χ1n) is 6.44. The van der Waals surface area contributed by atoms with Crippen molar-refractivity contribution in [3.05, 3.63) is 44.9 Å². The highest BCUT2D eigenvalue weighted by atomic mass is 35.5. The van der Waals surface area contributed by atoms with Gasteiger partial charge in [-0.15, -0.1) is 11.3 Å². The predicted molar refractivity (Wildman–Crippen MR) is 79.9 cm³/mol. The van der Waals surface area contributed by atoms with E-state index in [1.807, 2.05) is 0 Å². The molecule has 24 heavy (non-hydrogen) atoms. The number of aromatic nitrogens is 1. The number of nitrogens with one attached hydrogen (secondary N) is 1. The molecule has 128 valence electrons. The van der Waals surface area contributed by atoms with Crippen LogP contribution < -0.4 is 10.4 Å². The number of aromatic carboxylic acids is 1. The van der Waals surface area contributed by atoms with Crippen LogP contribution in [0.1, 0.15) is 33.9 Å². The minimum absolute atomic E-state index is 0.0573. The summed E-state index contributed by atoms with van der Waals surface area (Å²) in [6.07, 6.45) is -4.58. The molecule has 0 aliphatic carbocycles. The van der Waals surface area contributed by atoms with Crippen LogP contribution >= 0.6 is 22.9 Å². The van der Waals surface area contributed by atoms with Gasteiger partial charge in [-0.25, -0.2) is 4.98 Å². The standard InChI is InChI=1S/C14H10ClF3N2O3S/c1-6(12-20-10(5-24-12)13(22)23)11(21)19-9-4-7(14(16,17)18)2-3-8(9)15/h2-6H,1H3,(H,19,21)(H,22,23)/p-1/t6-/m1/s1. The molecule has 0 saturated heterocycles. The first-order valence-corrected chi connectivity index (χ1v) is 7.69. The van der Waals surface area contributed by atoms with E-state index in [2.05, 4.69) is 10.3 Å². The number of rotatable bonds is 4. The van der Waals surface area contributed by atoms with E-state index in [1.165, 1.54) is 12.3 Å². The molecule has 0 fully saturated rings. The number of carbonyl (C=O) groups excluding carboxylic acids is 2. The Morgan fingerprint density at radius 1 is 1.38 bits per heavy atom. The Bertz CT molecular complexity index is 792. The van der Waals surface area contributed by atoms with Crippen LogP contribution in [0, 0.1) is 0 Å². The molecule has 2 aromatic rings. The van der Waals surface area contributed by atoms with E-state index in [0.29, 0.717) is 0 Å². The number of carboxylic acid groups (broad SMARTS) is 1. The van der Waals surface area contributed by atoms with Crippen molar-refractivity contribution in [2.24, 2.45) is 0 Å². The number of alkyl halides is 3. The third-order valence-electron chi connectivity index (χ3n) is 3.05. The normalized spacial score (nSPS) is 12.7. The average molecular weight is 378 g/mol. The molecule has 2 rings (SSSR count). The van der Waals surface area contributed by atoms with E-state index in [0.717, 1.165) is 29.5 Å². The van der Waals surface area contributed by atoms with Gasteiger partial charge in [0.25, 0.3) is 0 Å². The lowest BCUT2D eigenvalue weighted by Crippen LogP contribution is -2.23. The van der Waals surface area contributed by atoms with Gasteiger partial charge in [-0.3, -0.25) is 4.79 Å². The van der Waals surface area contributed by atoms with Gasteiger partial charge in [-0.1, -0.05) is 11.6 Å². The van der Waals surface area contributed by atoms with Gasteiger partial charge in [0.05, 0.1) is 33.9 Å². The molecule has 0 radical (unpaired) electrons. The van der Waals surface area contributed by atoms with Crippen LogP contribution in [-0.4, -0.2) is 16.9 Å². The number of anilines is 1. The van der Waals surface area contributed by atoms with Gasteiger partial charge in [0, 0.05) is 5.38 Å². The summed E-state index contributed by atoms with van der Waals surface area (Å²) in [5.41, 5.74) is -1.46. The Hall–Kier alpha value is -2.13. The van der Waals surface area contributed by atoms with Crippen molar-refractivity contribution in [1.29, 1.82) is 0 Å². The summed E-state index contributed by atoms with van der Waals surface area (Å²) in [6, 6.07) is 2.55. The zero-order valence-electron chi connectivity index (χ0n) is 12.0. The minimum atomic E-state index is -4.58. The first-order chi connectivity index (χ1) is 11.1. The second-order valence-electron chi connectivity index (χ2n) is 4.76. The molecule has 0 bridgehead atoms. The van der Waals surface area contributed by atoms with E-state index in [9.17, 15) is 27.9 Å². The molecule has 10 heteroatoms. The maximum Gasteiger partial charge on any atom is 0.416 e. The SMILES string of the molecule is C[C@H](C(=O)Nc1cc(C(F)(F)F)ccc1Cl)c1nc(C(=O)[O-])cs1. The second-order valence-corrected chi connectivity index (χ2v) is 6.06. The number of carbonyl (C=O) groups is 2. The number of benzene rings is 1. The van der Waals surface area contributed by atoms with Crippen LogP contribution in [0.3, 0.4) is 0 Å². The summed E-state index contributed by atoms with van der Waals surface area (Å²) in [6.45, 7) is 1.44. The molecular weight excluding hydrogens is 369 g/mol. The van der Waals surface area contributed by atoms with E-state index in [1.54, 1.807) is 0 Å². The summed E-state index contributed by atoms with van der Waals surface area (Å²) < 4.78 is 38.1. The van der Waals surface area contributed by atoms with Crippen molar-refractivity contribution in [2.75, 3.05) is 5.32 Å². The van der Waals surface area contributed by atoms with Crippen LogP contribution in [-0.2, 0) is 11.0 Å². The molecule has 0 unspecified atom stereocenters. The van der Waals surface area contributed by atoms with Crippen LogP contribution in [0.2, 0.25) is 5.02 Å². The van der Waals surface area contributed by atoms with E-state index in [4.69, 9.17) is 11.6 Å². The Labute approximate surface area is 143 Å². The smallest absolute Gasteiger partial charge is 0.416 e. The second kappa shape index (κ2) is 6.78. The summed E-state index contributed by atoms with van der Waals surface area (Å²) in [4.78, 5) is 26.6. The number of hydrogen-bond donors (Lipinski definition) is 1. The predicted octanol–water partition coefficient (Wildman–Crippen LogP) is 2.92. The zero-order valence-corrected chi connectivity index (χ0v) is 13.6. The topological polar surface area (TPSA) is 82.1 Å². The van der Waals surface area contributed by atoms with Crippen molar-refractivity contribution in [3.63, 3.8) is 0 Å². The maximum absolute atomic E-state index is 12.7. The molecule has 1 N–H and O–H groups in total. The van der Waals surface area contributed by atoms with Crippen LogP contribution in [0.15, 0.2) is 23.6 Å². The Morgan fingerprint density at radius 2 is 2.04 bits per heavy atom. The summed E-state index contributed by atoms with van der Waals surface area (Å²) >= 11 is 6.74. The Morgan fingerprint density at radius 3 is 2.58 bits per heavy atom. The molecule has 5 nitrogen and oxygen atoms in total. The fourth-order valence-corrected chi connectivity index (χ4v) is 2.74. The molecule has 0 aliphatic rings. The zero-order chi connectivity index (χ0) is 18.1. The molecule has 1 aromatic heterocycles. The largest absolute Gasteiger partial charge is 0.543 e. The molecule has 1 heterocycles. The molecule has 0 aliphatic heterocycles. The highest BCUT2D eigenvalue weighted by Crippen LogP contribution is 2.34.